The van der Waals surface area contributed by atoms with Gasteiger partial charge in [-0.25, -0.2) is 8.78 Å². The van der Waals surface area contributed by atoms with Crippen LogP contribution in [0.2, 0.25) is 0 Å². The van der Waals surface area contributed by atoms with E-state index in [4.69, 9.17) is 4.42 Å². The van der Waals surface area contributed by atoms with Crippen LogP contribution in [-0.2, 0) is 6.42 Å². The van der Waals surface area contributed by atoms with Crippen LogP contribution in [0.1, 0.15) is 36.6 Å². The quantitative estimate of drug-likeness (QED) is 0.798. The summed E-state index contributed by atoms with van der Waals surface area (Å²) in [6.07, 6.45) is 3.20. The molecule has 1 aromatic heterocycles. The minimum Gasteiger partial charge on any atom is -0.467 e. The van der Waals surface area contributed by atoms with Gasteiger partial charge < -0.3 is 9.73 Å². The van der Waals surface area contributed by atoms with Gasteiger partial charge in [0.15, 0.2) is 0 Å². The summed E-state index contributed by atoms with van der Waals surface area (Å²) in [7, 11) is 0. The number of alkyl halides is 2. The SMILES string of the molecule is FC1(F)CCC(C2NCCc3ccoc32)C1. The average Bonchev–Trinajstić information content (AvgIpc) is 2.83. The fourth-order valence-electron chi connectivity index (χ4n) is 2.93. The molecule has 1 aromatic rings. The van der Waals surface area contributed by atoms with Gasteiger partial charge in [0.25, 0.3) is 0 Å². The van der Waals surface area contributed by atoms with Crippen LogP contribution in [-0.4, -0.2) is 12.5 Å². The van der Waals surface area contributed by atoms with Crippen LogP contribution in [0.4, 0.5) is 8.78 Å². The fraction of sp³-hybridized carbons (Fsp3) is 0.667. The molecule has 1 fully saturated rings. The van der Waals surface area contributed by atoms with E-state index >= 15 is 0 Å². The van der Waals surface area contributed by atoms with Gasteiger partial charge in [0.2, 0.25) is 5.92 Å². The van der Waals surface area contributed by atoms with Crippen molar-refractivity contribution in [3.05, 3.63) is 23.7 Å². The number of fused-ring (bicyclic) bond motifs is 1. The van der Waals surface area contributed by atoms with Gasteiger partial charge >= 0.3 is 0 Å². The first-order valence-electron chi connectivity index (χ1n) is 5.83. The summed E-state index contributed by atoms with van der Waals surface area (Å²) in [5, 5.41) is 3.31. The molecule has 2 aliphatic rings. The van der Waals surface area contributed by atoms with Crippen molar-refractivity contribution in [2.75, 3.05) is 6.54 Å². The van der Waals surface area contributed by atoms with Crippen molar-refractivity contribution in [1.82, 2.24) is 5.32 Å². The second-order valence-corrected chi connectivity index (χ2v) is 4.85. The Morgan fingerprint density at radius 1 is 1.44 bits per heavy atom. The first-order chi connectivity index (χ1) is 7.66. The summed E-state index contributed by atoms with van der Waals surface area (Å²) in [6, 6.07) is 1.95. The lowest BCUT2D eigenvalue weighted by Crippen LogP contribution is -2.33. The van der Waals surface area contributed by atoms with Crippen molar-refractivity contribution in [2.24, 2.45) is 5.92 Å². The summed E-state index contributed by atoms with van der Waals surface area (Å²) in [5.41, 5.74) is 1.18. The van der Waals surface area contributed by atoms with Crippen molar-refractivity contribution in [3.63, 3.8) is 0 Å². The Kier molecular flexibility index (Phi) is 2.28. The number of hydrogen-bond donors (Lipinski definition) is 1. The lowest BCUT2D eigenvalue weighted by Gasteiger charge is -2.27. The summed E-state index contributed by atoms with van der Waals surface area (Å²) in [4.78, 5) is 0. The highest BCUT2D eigenvalue weighted by molar-refractivity contribution is 5.24. The molecular formula is C12H15F2NO. The molecule has 1 aliphatic heterocycles. The van der Waals surface area contributed by atoms with E-state index in [-0.39, 0.29) is 24.8 Å². The molecule has 88 valence electrons. The number of rotatable bonds is 1. The van der Waals surface area contributed by atoms with Crippen molar-refractivity contribution < 1.29 is 13.2 Å². The third-order valence-corrected chi connectivity index (χ3v) is 3.73. The molecule has 0 radical (unpaired) electrons. The standard InChI is InChI=1S/C12H15F2NO/c13-12(14)4-1-9(7-12)10-11-8(2-5-15-10)3-6-16-11/h3,6,9-10,15H,1-2,4-5,7H2. The van der Waals surface area contributed by atoms with Gasteiger partial charge in [-0.3, -0.25) is 0 Å². The van der Waals surface area contributed by atoms with E-state index in [9.17, 15) is 8.78 Å². The van der Waals surface area contributed by atoms with Crippen LogP contribution in [0.15, 0.2) is 16.7 Å². The smallest absolute Gasteiger partial charge is 0.248 e. The molecule has 16 heavy (non-hydrogen) atoms. The molecule has 3 rings (SSSR count). The second kappa shape index (κ2) is 3.55. The Morgan fingerprint density at radius 2 is 2.31 bits per heavy atom. The topological polar surface area (TPSA) is 25.2 Å². The van der Waals surface area contributed by atoms with E-state index in [0.29, 0.717) is 6.42 Å². The Morgan fingerprint density at radius 3 is 3.06 bits per heavy atom. The summed E-state index contributed by atoms with van der Waals surface area (Å²) < 4.78 is 31.8. The minimum absolute atomic E-state index is 0.00729. The highest BCUT2D eigenvalue weighted by Gasteiger charge is 2.44. The molecule has 1 N–H and O–H groups in total. The Hall–Kier alpha value is -0.900. The van der Waals surface area contributed by atoms with Crippen LogP contribution in [0.25, 0.3) is 0 Å². The van der Waals surface area contributed by atoms with E-state index in [1.54, 1.807) is 6.26 Å². The Labute approximate surface area is 93.0 Å². The van der Waals surface area contributed by atoms with Crippen molar-refractivity contribution in [3.8, 4) is 0 Å². The zero-order valence-corrected chi connectivity index (χ0v) is 9.01. The van der Waals surface area contributed by atoms with Crippen molar-refractivity contribution >= 4 is 0 Å². The van der Waals surface area contributed by atoms with E-state index in [1.165, 1.54) is 5.56 Å². The normalized spacial score (nSPS) is 32.6. The largest absolute Gasteiger partial charge is 0.467 e. The summed E-state index contributed by atoms with van der Waals surface area (Å²) in [5.74, 6) is -1.58. The van der Waals surface area contributed by atoms with Gasteiger partial charge in [0.05, 0.1) is 12.3 Å². The first-order valence-corrected chi connectivity index (χ1v) is 5.83. The number of nitrogens with one attached hydrogen (secondary N) is 1. The molecule has 0 saturated heterocycles. The molecule has 4 heteroatoms. The first kappa shape index (κ1) is 10.3. The van der Waals surface area contributed by atoms with Gasteiger partial charge in [-0.1, -0.05) is 0 Å². The van der Waals surface area contributed by atoms with Crippen LogP contribution in [0.3, 0.4) is 0 Å². The molecule has 1 saturated carbocycles. The third-order valence-electron chi connectivity index (χ3n) is 3.73. The molecule has 1 aliphatic carbocycles. The van der Waals surface area contributed by atoms with Crippen LogP contribution in [0.5, 0.6) is 0 Å². The molecule has 0 bridgehead atoms. The molecule has 0 spiro atoms. The predicted octanol–water partition coefficient (Wildman–Crippen LogP) is 2.90. The van der Waals surface area contributed by atoms with E-state index in [0.717, 1.165) is 18.7 Å². The average molecular weight is 227 g/mol. The fourth-order valence-corrected chi connectivity index (χ4v) is 2.93. The van der Waals surface area contributed by atoms with Crippen LogP contribution in [0, 0.1) is 5.92 Å². The van der Waals surface area contributed by atoms with Crippen LogP contribution >= 0.6 is 0 Å². The molecular weight excluding hydrogens is 212 g/mol. The lowest BCUT2D eigenvalue weighted by molar-refractivity contribution is 0.00275. The number of halogens is 2. The third kappa shape index (κ3) is 1.65. The van der Waals surface area contributed by atoms with Crippen molar-refractivity contribution in [2.45, 2.75) is 37.6 Å². The zero-order chi connectivity index (χ0) is 11.2. The maximum atomic E-state index is 13.2. The highest BCUT2D eigenvalue weighted by atomic mass is 19.3. The zero-order valence-electron chi connectivity index (χ0n) is 9.01. The molecule has 2 unspecified atom stereocenters. The van der Waals surface area contributed by atoms with E-state index in [2.05, 4.69) is 5.32 Å². The molecule has 2 heterocycles. The number of hydrogen-bond acceptors (Lipinski definition) is 2. The molecule has 0 amide bonds. The predicted molar refractivity (Wildman–Crippen MR) is 55.4 cm³/mol. The lowest BCUT2D eigenvalue weighted by atomic mass is 9.90. The van der Waals surface area contributed by atoms with Gasteiger partial charge in [-0.2, -0.15) is 0 Å². The van der Waals surface area contributed by atoms with Gasteiger partial charge in [0.1, 0.15) is 5.76 Å². The van der Waals surface area contributed by atoms with E-state index in [1.807, 2.05) is 6.07 Å². The minimum atomic E-state index is -2.48. The van der Waals surface area contributed by atoms with Gasteiger partial charge in [0, 0.05) is 12.8 Å². The summed E-state index contributed by atoms with van der Waals surface area (Å²) in [6.45, 7) is 0.860. The molecule has 2 nitrogen and oxygen atoms in total. The monoisotopic (exact) mass is 227 g/mol. The van der Waals surface area contributed by atoms with E-state index < -0.39 is 5.92 Å². The maximum Gasteiger partial charge on any atom is 0.248 e. The molecule has 0 aromatic carbocycles. The number of furan rings is 1. The highest BCUT2D eigenvalue weighted by Crippen LogP contribution is 2.45. The summed E-state index contributed by atoms with van der Waals surface area (Å²) >= 11 is 0. The maximum absolute atomic E-state index is 13.2. The van der Waals surface area contributed by atoms with Gasteiger partial charge in [-0.15, -0.1) is 0 Å². The Balaban J connectivity index is 1.83. The van der Waals surface area contributed by atoms with Gasteiger partial charge in [-0.05, 0) is 36.9 Å². The molecule has 2 atom stereocenters. The van der Waals surface area contributed by atoms with Crippen molar-refractivity contribution in [1.29, 1.82) is 0 Å². The van der Waals surface area contributed by atoms with Crippen LogP contribution < -0.4 is 5.32 Å². The second-order valence-electron chi connectivity index (χ2n) is 4.85. The Bertz CT molecular complexity index is 388.